The minimum atomic E-state index is -0.916. The molecule has 0 fully saturated rings. The Labute approximate surface area is 113 Å². The van der Waals surface area contributed by atoms with Crippen LogP contribution in [0, 0.1) is 0 Å². The molecule has 0 saturated heterocycles. The minimum Gasteiger partial charge on any atom is -0.496 e. The van der Waals surface area contributed by atoms with Gasteiger partial charge in [-0.3, -0.25) is 4.79 Å². The monoisotopic (exact) mass is 267 g/mol. The van der Waals surface area contributed by atoms with Gasteiger partial charge in [0.25, 0.3) is 0 Å². The Hall–Kier alpha value is -1.59. The van der Waals surface area contributed by atoms with Crippen LogP contribution in [-0.4, -0.2) is 37.9 Å². The normalized spacial score (nSPS) is 12.1. The third-order valence-electron chi connectivity index (χ3n) is 2.71. The molecule has 0 heterocycles. The van der Waals surface area contributed by atoms with Gasteiger partial charge in [-0.15, -0.1) is 0 Å². The van der Waals surface area contributed by atoms with E-state index in [9.17, 15) is 9.90 Å². The number of nitrogens with one attached hydrogen (secondary N) is 1. The van der Waals surface area contributed by atoms with E-state index in [-0.39, 0.29) is 0 Å². The maximum Gasteiger partial charge on any atom is 0.325 e. The zero-order chi connectivity index (χ0) is 14.1. The third-order valence-corrected chi connectivity index (χ3v) is 2.71. The van der Waals surface area contributed by atoms with Crippen molar-refractivity contribution in [3.63, 3.8) is 0 Å². The highest BCUT2D eigenvalue weighted by molar-refractivity contribution is 5.76. The Kier molecular flexibility index (Phi) is 6.92. The molecular weight excluding hydrogens is 246 g/mol. The molecule has 2 N–H and O–H groups in total. The number of carboxylic acid groups (broad SMARTS) is 1. The number of hydrogen-bond donors (Lipinski definition) is 2. The van der Waals surface area contributed by atoms with E-state index < -0.39 is 12.0 Å². The van der Waals surface area contributed by atoms with Gasteiger partial charge in [0, 0.05) is 18.8 Å². The van der Waals surface area contributed by atoms with Crippen LogP contribution in [0.1, 0.15) is 24.9 Å². The summed E-state index contributed by atoms with van der Waals surface area (Å²) in [5.41, 5.74) is 0.633. The molecule has 1 atom stereocenters. The van der Waals surface area contributed by atoms with Crippen LogP contribution in [0.3, 0.4) is 0 Å². The van der Waals surface area contributed by atoms with Crippen LogP contribution in [0.2, 0.25) is 0 Å². The Morgan fingerprint density at radius 1 is 1.42 bits per heavy atom. The molecule has 0 bridgehead atoms. The average molecular weight is 267 g/mol. The second kappa shape index (κ2) is 8.50. The van der Waals surface area contributed by atoms with Gasteiger partial charge in [0.2, 0.25) is 0 Å². The van der Waals surface area contributed by atoms with Crippen molar-refractivity contribution >= 4 is 5.97 Å². The summed E-state index contributed by atoms with van der Waals surface area (Å²) < 4.78 is 10.4. The number of rotatable bonds is 9. The van der Waals surface area contributed by atoms with Gasteiger partial charge in [-0.25, -0.2) is 0 Å². The second-order valence-electron chi connectivity index (χ2n) is 4.02. The first kappa shape index (κ1) is 15.5. The SMILES string of the molecule is CCOCCCNC(C(=O)O)c1ccccc1OC. The lowest BCUT2D eigenvalue weighted by Crippen LogP contribution is -2.30. The topological polar surface area (TPSA) is 67.8 Å². The molecule has 0 aliphatic rings. The Bertz CT molecular complexity index is 395. The summed E-state index contributed by atoms with van der Waals surface area (Å²) >= 11 is 0. The number of benzene rings is 1. The van der Waals surface area contributed by atoms with E-state index in [0.29, 0.717) is 31.1 Å². The largest absolute Gasteiger partial charge is 0.496 e. The molecule has 0 aliphatic carbocycles. The standard InChI is InChI=1S/C14H21NO4/c1-3-19-10-6-9-15-13(14(16)17)11-7-4-5-8-12(11)18-2/h4-5,7-8,13,15H,3,6,9-10H2,1-2H3,(H,16,17). The van der Waals surface area contributed by atoms with Crippen molar-refractivity contribution in [3.05, 3.63) is 29.8 Å². The summed E-state index contributed by atoms with van der Waals surface area (Å²) in [7, 11) is 1.53. The van der Waals surface area contributed by atoms with E-state index in [4.69, 9.17) is 9.47 Å². The molecule has 0 amide bonds. The van der Waals surface area contributed by atoms with Crippen LogP contribution < -0.4 is 10.1 Å². The molecule has 0 spiro atoms. The zero-order valence-corrected chi connectivity index (χ0v) is 11.4. The summed E-state index contributed by atoms with van der Waals surface area (Å²) in [6, 6.07) is 6.37. The van der Waals surface area contributed by atoms with Crippen molar-refractivity contribution in [2.75, 3.05) is 26.9 Å². The molecular formula is C14H21NO4. The molecule has 19 heavy (non-hydrogen) atoms. The number of ether oxygens (including phenoxy) is 2. The van der Waals surface area contributed by atoms with Crippen LogP contribution in [0.4, 0.5) is 0 Å². The molecule has 1 aromatic carbocycles. The molecule has 1 unspecified atom stereocenters. The van der Waals surface area contributed by atoms with Crippen molar-refractivity contribution in [1.29, 1.82) is 0 Å². The fourth-order valence-electron chi connectivity index (χ4n) is 1.80. The number of aliphatic carboxylic acids is 1. The molecule has 0 aliphatic heterocycles. The van der Waals surface area contributed by atoms with E-state index in [1.165, 1.54) is 7.11 Å². The fourth-order valence-corrected chi connectivity index (χ4v) is 1.80. The Morgan fingerprint density at radius 3 is 2.79 bits per heavy atom. The van der Waals surface area contributed by atoms with Gasteiger partial charge in [0.05, 0.1) is 7.11 Å². The molecule has 106 valence electrons. The highest BCUT2D eigenvalue weighted by atomic mass is 16.5. The molecule has 0 aromatic heterocycles. The number of para-hydroxylation sites is 1. The summed E-state index contributed by atoms with van der Waals surface area (Å²) in [5, 5.41) is 12.3. The van der Waals surface area contributed by atoms with Crippen LogP contribution >= 0.6 is 0 Å². The molecule has 1 rings (SSSR count). The zero-order valence-electron chi connectivity index (χ0n) is 11.4. The van der Waals surface area contributed by atoms with Crippen molar-refractivity contribution in [2.24, 2.45) is 0 Å². The highest BCUT2D eigenvalue weighted by Gasteiger charge is 2.22. The van der Waals surface area contributed by atoms with Gasteiger partial charge in [0.15, 0.2) is 0 Å². The first-order chi connectivity index (χ1) is 9.20. The van der Waals surface area contributed by atoms with Gasteiger partial charge >= 0.3 is 5.97 Å². The molecule has 1 aromatic rings. The molecule has 5 nitrogen and oxygen atoms in total. The van der Waals surface area contributed by atoms with E-state index in [2.05, 4.69) is 5.32 Å². The predicted octanol–water partition coefficient (Wildman–Crippen LogP) is 1.84. The first-order valence-electron chi connectivity index (χ1n) is 6.37. The number of methoxy groups -OCH3 is 1. The maximum absolute atomic E-state index is 11.3. The van der Waals surface area contributed by atoms with Crippen molar-refractivity contribution in [2.45, 2.75) is 19.4 Å². The number of carboxylic acids is 1. The highest BCUT2D eigenvalue weighted by Crippen LogP contribution is 2.24. The van der Waals surface area contributed by atoms with E-state index in [1.807, 2.05) is 13.0 Å². The lowest BCUT2D eigenvalue weighted by molar-refractivity contribution is -0.139. The van der Waals surface area contributed by atoms with Crippen molar-refractivity contribution < 1.29 is 19.4 Å². The lowest BCUT2D eigenvalue weighted by Gasteiger charge is -2.17. The number of hydrogen-bond acceptors (Lipinski definition) is 4. The predicted molar refractivity (Wildman–Crippen MR) is 72.5 cm³/mol. The van der Waals surface area contributed by atoms with Crippen molar-refractivity contribution in [3.8, 4) is 5.75 Å². The smallest absolute Gasteiger partial charge is 0.325 e. The van der Waals surface area contributed by atoms with Crippen molar-refractivity contribution in [1.82, 2.24) is 5.32 Å². The number of carbonyl (C=O) groups is 1. The first-order valence-corrected chi connectivity index (χ1v) is 6.37. The summed E-state index contributed by atoms with van der Waals surface area (Å²) in [6.45, 7) is 3.81. The molecule has 5 heteroatoms. The fraction of sp³-hybridized carbons (Fsp3) is 0.500. The van der Waals surface area contributed by atoms with Crippen LogP contribution in [0.5, 0.6) is 5.75 Å². The van der Waals surface area contributed by atoms with Crippen LogP contribution in [-0.2, 0) is 9.53 Å². The minimum absolute atomic E-state index is 0.576. The lowest BCUT2D eigenvalue weighted by atomic mass is 10.1. The average Bonchev–Trinajstić information content (AvgIpc) is 2.42. The van der Waals surface area contributed by atoms with E-state index >= 15 is 0 Å². The summed E-state index contributed by atoms with van der Waals surface area (Å²) in [5.74, 6) is -0.340. The summed E-state index contributed by atoms with van der Waals surface area (Å²) in [6.07, 6.45) is 0.771. The Balaban J connectivity index is 2.64. The summed E-state index contributed by atoms with van der Waals surface area (Å²) in [4.78, 5) is 11.3. The van der Waals surface area contributed by atoms with Gasteiger partial charge < -0.3 is 19.9 Å². The molecule has 0 saturated carbocycles. The van der Waals surface area contributed by atoms with Crippen LogP contribution in [0.25, 0.3) is 0 Å². The van der Waals surface area contributed by atoms with Gasteiger partial charge in [-0.2, -0.15) is 0 Å². The quantitative estimate of drug-likeness (QED) is 0.668. The van der Waals surface area contributed by atoms with E-state index in [0.717, 1.165) is 6.42 Å². The van der Waals surface area contributed by atoms with Gasteiger partial charge in [0.1, 0.15) is 11.8 Å². The second-order valence-corrected chi connectivity index (χ2v) is 4.02. The van der Waals surface area contributed by atoms with Crippen LogP contribution in [0.15, 0.2) is 24.3 Å². The van der Waals surface area contributed by atoms with Gasteiger partial charge in [-0.05, 0) is 26.0 Å². The third kappa shape index (κ3) is 4.89. The maximum atomic E-state index is 11.3. The molecule has 0 radical (unpaired) electrons. The Morgan fingerprint density at radius 2 is 2.16 bits per heavy atom. The van der Waals surface area contributed by atoms with E-state index in [1.54, 1.807) is 18.2 Å². The van der Waals surface area contributed by atoms with Gasteiger partial charge in [-0.1, -0.05) is 18.2 Å².